The van der Waals surface area contributed by atoms with E-state index in [0.717, 1.165) is 10.8 Å². The fourth-order valence-corrected chi connectivity index (χ4v) is 3.58. The minimum atomic E-state index is -1.06. The summed E-state index contributed by atoms with van der Waals surface area (Å²) in [6, 6.07) is 18.8. The van der Waals surface area contributed by atoms with Crippen molar-refractivity contribution < 1.29 is 9.59 Å². The molecule has 0 aliphatic heterocycles. The summed E-state index contributed by atoms with van der Waals surface area (Å²) < 4.78 is 0. The molecule has 6 nitrogen and oxygen atoms in total. The zero-order valence-corrected chi connectivity index (χ0v) is 15.6. The van der Waals surface area contributed by atoms with Crippen LogP contribution in [-0.4, -0.2) is 21.8 Å². The fraction of sp³-hybridized carbons (Fsp3) is 0.130. The molecular weight excluding hydrogens is 364 g/mol. The molecule has 0 atom stereocenters. The van der Waals surface area contributed by atoms with Crippen molar-refractivity contribution in [1.29, 1.82) is 0 Å². The number of amides is 2. The second-order valence-corrected chi connectivity index (χ2v) is 7.25. The van der Waals surface area contributed by atoms with Gasteiger partial charge in [0.05, 0.1) is 22.4 Å². The average Bonchev–Trinajstić information content (AvgIpc) is 3.57. The minimum Gasteiger partial charge on any atom is -0.323 e. The molecule has 1 saturated carbocycles. The van der Waals surface area contributed by atoms with Crippen molar-refractivity contribution in [1.82, 2.24) is 9.97 Å². The maximum absolute atomic E-state index is 13.0. The van der Waals surface area contributed by atoms with Crippen LogP contribution in [0.2, 0.25) is 0 Å². The molecule has 1 fully saturated rings. The van der Waals surface area contributed by atoms with E-state index in [1.807, 2.05) is 48.5 Å². The summed E-state index contributed by atoms with van der Waals surface area (Å²) in [5, 5.41) is 7.69. The summed E-state index contributed by atoms with van der Waals surface area (Å²) >= 11 is 0. The van der Waals surface area contributed by atoms with Crippen LogP contribution in [0.15, 0.2) is 73.1 Å². The van der Waals surface area contributed by atoms with Gasteiger partial charge in [-0.05, 0) is 37.1 Å². The number of fused-ring (bicyclic) bond motifs is 2. The Morgan fingerprint density at radius 3 is 1.59 bits per heavy atom. The van der Waals surface area contributed by atoms with Crippen molar-refractivity contribution in [2.75, 3.05) is 10.6 Å². The van der Waals surface area contributed by atoms with Gasteiger partial charge >= 0.3 is 0 Å². The average molecular weight is 382 g/mol. The van der Waals surface area contributed by atoms with Crippen LogP contribution in [0.5, 0.6) is 0 Å². The number of carbonyl (C=O) groups is 2. The van der Waals surface area contributed by atoms with Crippen LogP contribution in [0.3, 0.4) is 0 Å². The number of nitrogens with one attached hydrogen (secondary N) is 2. The first-order valence-corrected chi connectivity index (χ1v) is 9.48. The summed E-state index contributed by atoms with van der Waals surface area (Å²) in [5.74, 6) is -0.609. The van der Waals surface area contributed by atoms with Gasteiger partial charge in [0.15, 0.2) is 0 Å². The Bertz CT molecular complexity index is 1160. The number of para-hydroxylation sites is 2. The van der Waals surface area contributed by atoms with Gasteiger partial charge in [-0.25, -0.2) is 0 Å². The Hall–Kier alpha value is -3.80. The van der Waals surface area contributed by atoms with Gasteiger partial charge in [0.25, 0.3) is 0 Å². The van der Waals surface area contributed by atoms with Crippen LogP contribution in [0, 0.1) is 5.41 Å². The van der Waals surface area contributed by atoms with Crippen molar-refractivity contribution in [2.45, 2.75) is 12.8 Å². The van der Waals surface area contributed by atoms with E-state index in [1.54, 1.807) is 24.5 Å². The predicted octanol–water partition coefficient (Wildman–Crippen LogP) is 4.14. The lowest BCUT2D eigenvalue weighted by Gasteiger charge is -2.17. The molecule has 2 aromatic heterocycles. The van der Waals surface area contributed by atoms with Gasteiger partial charge in [-0.3, -0.25) is 19.6 Å². The van der Waals surface area contributed by atoms with Crippen LogP contribution in [0.4, 0.5) is 11.4 Å². The van der Waals surface area contributed by atoms with Crippen molar-refractivity contribution in [3.8, 4) is 0 Å². The highest BCUT2D eigenvalue weighted by molar-refractivity contribution is 6.19. The van der Waals surface area contributed by atoms with Crippen molar-refractivity contribution in [3.05, 3.63) is 73.1 Å². The van der Waals surface area contributed by atoms with Gasteiger partial charge in [-0.1, -0.05) is 36.4 Å². The molecule has 29 heavy (non-hydrogen) atoms. The molecule has 0 unspecified atom stereocenters. The zero-order valence-electron chi connectivity index (χ0n) is 15.6. The second-order valence-electron chi connectivity index (χ2n) is 7.25. The molecule has 0 spiro atoms. The highest BCUT2D eigenvalue weighted by Gasteiger charge is 2.56. The van der Waals surface area contributed by atoms with E-state index in [-0.39, 0.29) is 11.8 Å². The molecule has 5 rings (SSSR count). The van der Waals surface area contributed by atoms with Crippen LogP contribution < -0.4 is 10.6 Å². The minimum absolute atomic E-state index is 0.304. The SMILES string of the molecule is O=C(Nc1cccc2cccnc12)C1(C(=O)Nc2cccc3cccnc23)CC1. The van der Waals surface area contributed by atoms with Crippen LogP contribution in [-0.2, 0) is 9.59 Å². The molecule has 4 aromatic rings. The maximum Gasteiger partial charge on any atom is 0.240 e. The molecule has 0 radical (unpaired) electrons. The molecule has 1 aliphatic rings. The van der Waals surface area contributed by atoms with E-state index < -0.39 is 5.41 Å². The third kappa shape index (κ3) is 2.99. The van der Waals surface area contributed by atoms with E-state index in [9.17, 15) is 9.59 Å². The van der Waals surface area contributed by atoms with Crippen molar-refractivity contribution in [2.24, 2.45) is 5.41 Å². The lowest BCUT2D eigenvalue weighted by molar-refractivity contribution is -0.131. The number of benzene rings is 2. The Balaban J connectivity index is 1.40. The number of aromatic nitrogens is 2. The van der Waals surface area contributed by atoms with E-state index >= 15 is 0 Å². The lowest BCUT2D eigenvalue weighted by atomic mass is 10.0. The first-order chi connectivity index (χ1) is 14.2. The normalized spacial score (nSPS) is 14.5. The Morgan fingerprint density at radius 1 is 0.690 bits per heavy atom. The second kappa shape index (κ2) is 6.67. The molecule has 142 valence electrons. The van der Waals surface area contributed by atoms with Gasteiger partial charge in [0, 0.05) is 23.2 Å². The van der Waals surface area contributed by atoms with Gasteiger partial charge < -0.3 is 10.6 Å². The molecule has 2 amide bonds. The first-order valence-electron chi connectivity index (χ1n) is 9.48. The number of hydrogen-bond acceptors (Lipinski definition) is 4. The monoisotopic (exact) mass is 382 g/mol. The number of carbonyl (C=O) groups excluding carboxylic acids is 2. The summed E-state index contributed by atoms with van der Waals surface area (Å²) in [6.45, 7) is 0. The van der Waals surface area contributed by atoms with Gasteiger partial charge in [-0.15, -0.1) is 0 Å². The van der Waals surface area contributed by atoms with Crippen molar-refractivity contribution >= 4 is 45.0 Å². The topological polar surface area (TPSA) is 84.0 Å². The van der Waals surface area contributed by atoms with Gasteiger partial charge in [-0.2, -0.15) is 0 Å². The highest BCUT2D eigenvalue weighted by Crippen LogP contribution is 2.48. The summed E-state index contributed by atoms with van der Waals surface area (Å²) in [7, 11) is 0. The number of hydrogen-bond donors (Lipinski definition) is 2. The zero-order chi connectivity index (χ0) is 19.8. The molecule has 2 aromatic carbocycles. The van der Waals surface area contributed by atoms with E-state index in [1.165, 1.54) is 0 Å². The van der Waals surface area contributed by atoms with Crippen LogP contribution in [0.1, 0.15) is 12.8 Å². The number of anilines is 2. The number of rotatable bonds is 4. The predicted molar refractivity (Wildman–Crippen MR) is 112 cm³/mol. The molecule has 0 bridgehead atoms. The quantitative estimate of drug-likeness (QED) is 0.520. The molecule has 1 aliphatic carbocycles. The van der Waals surface area contributed by atoms with Crippen molar-refractivity contribution in [3.63, 3.8) is 0 Å². The summed E-state index contributed by atoms with van der Waals surface area (Å²) in [4.78, 5) is 34.8. The van der Waals surface area contributed by atoms with E-state index in [4.69, 9.17) is 0 Å². The largest absolute Gasteiger partial charge is 0.323 e. The molecule has 2 heterocycles. The van der Waals surface area contributed by atoms with E-state index in [0.29, 0.717) is 35.2 Å². The molecule has 6 heteroatoms. The molecule has 2 N–H and O–H groups in total. The maximum atomic E-state index is 13.0. The highest BCUT2D eigenvalue weighted by atomic mass is 16.2. The summed E-state index contributed by atoms with van der Waals surface area (Å²) in [5.41, 5.74) is 1.57. The number of pyridine rings is 2. The Labute approximate surface area is 167 Å². The fourth-order valence-electron chi connectivity index (χ4n) is 3.58. The van der Waals surface area contributed by atoms with Crippen LogP contribution in [0.25, 0.3) is 21.8 Å². The van der Waals surface area contributed by atoms with Gasteiger partial charge in [0.1, 0.15) is 5.41 Å². The lowest BCUT2D eigenvalue weighted by Crippen LogP contribution is -2.35. The summed E-state index contributed by atoms with van der Waals surface area (Å²) in [6.07, 6.45) is 4.40. The Kier molecular flexibility index (Phi) is 3.98. The third-order valence-electron chi connectivity index (χ3n) is 5.38. The molecule has 0 saturated heterocycles. The third-order valence-corrected chi connectivity index (χ3v) is 5.38. The Morgan fingerprint density at radius 2 is 1.14 bits per heavy atom. The van der Waals surface area contributed by atoms with Crippen LogP contribution >= 0.6 is 0 Å². The van der Waals surface area contributed by atoms with E-state index in [2.05, 4.69) is 20.6 Å². The smallest absolute Gasteiger partial charge is 0.240 e. The van der Waals surface area contributed by atoms with Gasteiger partial charge in [0.2, 0.25) is 11.8 Å². The number of nitrogens with zero attached hydrogens (tertiary/aromatic N) is 2. The standard InChI is InChI=1S/C23H18N4O2/c28-21(26-17-9-1-5-15-7-3-13-24-19(15)17)23(11-12-23)22(29)27-18-10-2-6-16-8-4-14-25-20(16)18/h1-10,13-14H,11-12H2,(H,26,28)(H,27,29). The molecular formula is C23H18N4O2. The first kappa shape index (κ1) is 17.3.